The van der Waals surface area contributed by atoms with E-state index >= 15 is 0 Å². The Kier molecular flexibility index (Phi) is 5.69. The summed E-state index contributed by atoms with van der Waals surface area (Å²) in [5, 5.41) is 2.24. The average Bonchev–Trinajstić information content (AvgIpc) is 2.57. The van der Waals surface area contributed by atoms with Gasteiger partial charge >= 0.3 is 0 Å². The van der Waals surface area contributed by atoms with E-state index in [1.54, 1.807) is 57.2 Å². The van der Waals surface area contributed by atoms with Crippen molar-refractivity contribution in [3.8, 4) is 5.75 Å². The number of amides is 1. The van der Waals surface area contributed by atoms with Crippen molar-refractivity contribution in [2.45, 2.75) is 26.0 Å². The predicted molar refractivity (Wildman–Crippen MR) is 99.8 cm³/mol. The summed E-state index contributed by atoms with van der Waals surface area (Å²) in [5.74, 6) is 0.0828. The van der Waals surface area contributed by atoms with Crippen LogP contribution in [0.3, 0.4) is 0 Å². The molecule has 2 rings (SSSR count). The van der Waals surface area contributed by atoms with Crippen LogP contribution in [0.25, 0.3) is 0 Å². The lowest BCUT2D eigenvalue weighted by Crippen LogP contribution is -2.23. The van der Waals surface area contributed by atoms with Crippen LogP contribution >= 0.6 is 0 Å². The molecule has 0 fully saturated rings. The number of nitrogens with one attached hydrogen (secondary N) is 2. The number of aryl methyl sites for hydroxylation is 1. The van der Waals surface area contributed by atoms with Gasteiger partial charge in [0.2, 0.25) is 10.0 Å². The van der Waals surface area contributed by atoms with Gasteiger partial charge in [0.05, 0.1) is 18.0 Å². The van der Waals surface area contributed by atoms with E-state index in [4.69, 9.17) is 4.74 Å². The standard InChI is InChI=1S/C18H22N2O4S/c1-12(2)25(22,23)20-16-10-13(3)15(11-17(16)24-4)19-18(21)14-8-6-5-7-9-14/h5-12,20H,1-4H3,(H,19,21). The predicted octanol–water partition coefficient (Wildman–Crippen LogP) is 3.41. The van der Waals surface area contributed by atoms with E-state index < -0.39 is 15.3 Å². The Morgan fingerprint density at radius 1 is 1.08 bits per heavy atom. The maximum absolute atomic E-state index is 12.3. The highest BCUT2D eigenvalue weighted by atomic mass is 32.2. The van der Waals surface area contributed by atoms with Crippen molar-refractivity contribution in [1.29, 1.82) is 0 Å². The van der Waals surface area contributed by atoms with Crippen molar-refractivity contribution in [2.24, 2.45) is 0 Å². The molecule has 7 heteroatoms. The maximum Gasteiger partial charge on any atom is 0.255 e. The Balaban J connectivity index is 2.32. The van der Waals surface area contributed by atoms with Gasteiger partial charge in [0.15, 0.2) is 0 Å². The Hall–Kier alpha value is -2.54. The van der Waals surface area contributed by atoms with Gasteiger partial charge in [-0.15, -0.1) is 0 Å². The molecule has 0 atom stereocenters. The Labute approximate surface area is 148 Å². The summed E-state index contributed by atoms with van der Waals surface area (Å²) in [6.45, 7) is 4.97. The molecule has 6 nitrogen and oxygen atoms in total. The molecule has 2 aromatic carbocycles. The minimum atomic E-state index is -3.50. The molecule has 1 amide bonds. The summed E-state index contributed by atoms with van der Waals surface area (Å²) in [6.07, 6.45) is 0. The molecule has 0 saturated heterocycles. The third-order valence-electron chi connectivity index (χ3n) is 3.70. The number of benzene rings is 2. The summed E-state index contributed by atoms with van der Waals surface area (Å²) in [6, 6.07) is 12.1. The van der Waals surface area contributed by atoms with Gasteiger partial charge in [0.1, 0.15) is 5.75 Å². The fourth-order valence-corrected chi connectivity index (χ4v) is 2.83. The Morgan fingerprint density at radius 3 is 2.28 bits per heavy atom. The highest BCUT2D eigenvalue weighted by molar-refractivity contribution is 7.93. The summed E-state index contributed by atoms with van der Waals surface area (Å²) in [4.78, 5) is 12.3. The zero-order chi connectivity index (χ0) is 18.6. The van der Waals surface area contributed by atoms with Crippen molar-refractivity contribution in [3.05, 3.63) is 53.6 Å². The summed E-state index contributed by atoms with van der Waals surface area (Å²) in [5.41, 5.74) is 2.14. The second-order valence-electron chi connectivity index (χ2n) is 5.88. The van der Waals surface area contributed by atoms with E-state index in [1.807, 2.05) is 6.07 Å². The molecule has 0 spiro atoms. The number of carbonyl (C=O) groups excluding carboxylic acids is 1. The quantitative estimate of drug-likeness (QED) is 0.825. The lowest BCUT2D eigenvalue weighted by atomic mass is 10.1. The van der Waals surface area contributed by atoms with E-state index in [1.165, 1.54) is 7.11 Å². The molecule has 2 N–H and O–H groups in total. The van der Waals surface area contributed by atoms with Crippen LogP contribution in [-0.4, -0.2) is 26.7 Å². The fraction of sp³-hybridized carbons (Fsp3) is 0.278. The van der Waals surface area contributed by atoms with Crippen LogP contribution in [0, 0.1) is 6.92 Å². The van der Waals surface area contributed by atoms with Crippen LogP contribution in [-0.2, 0) is 10.0 Å². The first kappa shape index (κ1) is 18.8. The average molecular weight is 362 g/mol. The van der Waals surface area contributed by atoms with Gasteiger partial charge in [-0.1, -0.05) is 18.2 Å². The van der Waals surface area contributed by atoms with Gasteiger partial charge in [-0.05, 0) is 44.5 Å². The zero-order valence-corrected chi connectivity index (χ0v) is 15.5. The Bertz CT molecular complexity index is 862. The lowest BCUT2D eigenvalue weighted by molar-refractivity contribution is 0.102. The fourth-order valence-electron chi connectivity index (χ4n) is 2.13. The first-order chi connectivity index (χ1) is 11.7. The summed E-state index contributed by atoms with van der Waals surface area (Å²) in [7, 11) is -2.05. The minimum absolute atomic E-state index is 0.249. The maximum atomic E-state index is 12.3. The molecule has 25 heavy (non-hydrogen) atoms. The van der Waals surface area contributed by atoms with E-state index in [0.29, 0.717) is 28.3 Å². The number of methoxy groups -OCH3 is 1. The van der Waals surface area contributed by atoms with Crippen LogP contribution in [0.15, 0.2) is 42.5 Å². The highest BCUT2D eigenvalue weighted by Crippen LogP contribution is 2.32. The molecule has 2 aromatic rings. The number of ether oxygens (including phenoxy) is 1. The number of hydrogen-bond acceptors (Lipinski definition) is 4. The third-order valence-corrected chi connectivity index (χ3v) is 5.45. The summed E-state index contributed by atoms with van der Waals surface area (Å²) >= 11 is 0. The smallest absolute Gasteiger partial charge is 0.255 e. The molecule has 0 aliphatic rings. The van der Waals surface area contributed by atoms with Crippen molar-refractivity contribution in [2.75, 3.05) is 17.1 Å². The molecule has 134 valence electrons. The third kappa shape index (κ3) is 4.51. The van der Waals surface area contributed by atoms with Crippen LogP contribution < -0.4 is 14.8 Å². The van der Waals surface area contributed by atoms with Gasteiger partial charge < -0.3 is 10.1 Å². The molecule has 0 aromatic heterocycles. The molecule has 0 radical (unpaired) electrons. The molecule has 0 aliphatic heterocycles. The van der Waals surface area contributed by atoms with Crippen LogP contribution in [0.1, 0.15) is 29.8 Å². The molecule has 0 aliphatic carbocycles. The number of hydrogen-bond donors (Lipinski definition) is 2. The van der Waals surface area contributed by atoms with Gasteiger partial charge in [0.25, 0.3) is 5.91 Å². The first-order valence-electron chi connectivity index (χ1n) is 7.81. The van der Waals surface area contributed by atoms with E-state index in [0.717, 1.165) is 0 Å². The van der Waals surface area contributed by atoms with Crippen molar-refractivity contribution < 1.29 is 17.9 Å². The monoisotopic (exact) mass is 362 g/mol. The largest absolute Gasteiger partial charge is 0.494 e. The minimum Gasteiger partial charge on any atom is -0.494 e. The molecule has 0 heterocycles. The zero-order valence-electron chi connectivity index (χ0n) is 14.7. The second kappa shape index (κ2) is 7.57. The topological polar surface area (TPSA) is 84.5 Å². The van der Waals surface area contributed by atoms with Crippen LogP contribution in [0.2, 0.25) is 0 Å². The normalized spacial score (nSPS) is 11.2. The first-order valence-corrected chi connectivity index (χ1v) is 9.36. The number of sulfonamides is 1. The number of rotatable bonds is 6. The molecular formula is C18H22N2O4S. The number of carbonyl (C=O) groups is 1. The summed E-state index contributed by atoms with van der Waals surface area (Å²) < 4.78 is 32.0. The lowest BCUT2D eigenvalue weighted by Gasteiger charge is -2.17. The Morgan fingerprint density at radius 2 is 1.72 bits per heavy atom. The molecule has 0 unspecified atom stereocenters. The number of anilines is 2. The van der Waals surface area contributed by atoms with Crippen LogP contribution in [0.4, 0.5) is 11.4 Å². The van der Waals surface area contributed by atoms with Crippen molar-refractivity contribution >= 4 is 27.3 Å². The van der Waals surface area contributed by atoms with Gasteiger partial charge in [-0.25, -0.2) is 8.42 Å². The van der Waals surface area contributed by atoms with E-state index in [-0.39, 0.29) is 5.91 Å². The van der Waals surface area contributed by atoms with Gasteiger partial charge in [-0.3, -0.25) is 9.52 Å². The van der Waals surface area contributed by atoms with Gasteiger partial charge in [0, 0.05) is 17.3 Å². The SMILES string of the molecule is COc1cc(NC(=O)c2ccccc2)c(C)cc1NS(=O)(=O)C(C)C. The van der Waals surface area contributed by atoms with Gasteiger partial charge in [-0.2, -0.15) is 0 Å². The van der Waals surface area contributed by atoms with Crippen LogP contribution in [0.5, 0.6) is 5.75 Å². The van der Waals surface area contributed by atoms with E-state index in [9.17, 15) is 13.2 Å². The highest BCUT2D eigenvalue weighted by Gasteiger charge is 2.19. The van der Waals surface area contributed by atoms with E-state index in [2.05, 4.69) is 10.0 Å². The molecular weight excluding hydrogens is 340 g/mol. The van der Waals surface area contributed by atoms with Crippen molar-refractivity contribution in [3.63, 3.8) is 0 Å². The van der Waals surface area contributed by atoms with Crippen molar-refractivity contribution in [1.82, 2.24) is 0 Å². The second-order valence-corrected chi connectivity index (χ2v) is 8.12. The molecule has 0 saturated carbocycles. The molecule has 0 bridgehead atoms.